The number of benzene rings is 2. The molecule has 2 aromatic rings. The molecule has 0 heterocycles. The van der Waals surface area contributed by atoms with Crippen molar-refractivity contribution in [2.45, 2.75) is 9.79 Å². The van der Waals surface area contributed by atoms with Crippen molar-refractivity contribution in [1.29, 1.82) is 0 Å². The van der Waals surface area contributed by atoms with Gasteiger partial charge in [0.05, 0.1) is 9.85 Å². The highest BCUT2D eigenvalue weighted by Crippen LogP contribution is 2.29. The number of rotatable bonds is 4. The minimum absolute atomic E-state index is 0.0352. The lowest BCUT2D eigenvalue weighted by molar-refractivity contribution is -0.385. The van der Waals surface area contributed by atoms with E-state index in [0.29, 0.717) is 0 Å². The van der Waals surface area contributed by atoms with Gasteiger partial charge < -0.3 is 0 Å². The molecule has 19 heavy (non-hydrogen) atoms. The number of hydrogen-bond acceptors (Lipinski definition) is 5. The van der Waals surface area contributed by atoms with Crippen LogP contribution < -0.4 is 0 Å². The largest absolute Gasteiger partial charge is 0.269 e. The summed E-state index contributed by atoms with van der Waals surface area (Å²) in [4.78, 5) is 21.8. The van der Waals surface area contributed by atoms with E-state index < -0.39 is 9.85 Å². The van der Waals surface area contributed by atoms with Crippen LogP contribution in [0.4, 0.5) is 11.4 Å². The summed E-state index contributed by atoms with van der Waals surface area (Å²) in [6, 6.07) is 12.3. The van der Waals surface area contributed by atoms with Crippen LogP contribution in [0.3, 0.4) is 0 Å². The molecule has 2 rings (SSSR count). The minimum Gasteiger partial charge on any atom is -0.258 e. The van der Waals surface area contributed by atoms with Crippen molar-refractivity contribution in [2.75, 3.05) is 0 Å². The summed E-state index contributed by atoms with van der Waals surface area (Å²) in [7, 11) is 0. The summed E-state index contributed by atoms with van der Waals surface area (Å²) in [6.45, 7) is 0. The van der Waals surface area contributed by atoms with E-state index in [-0.39, 0.29) is 11.4 Å². The fourth-order valence-electron chi connectivity index (χ4n) is 1.41. The van der Waals surface area contributed by atoms with E-state index >= 15 is 0 Å². The molecule has 0 amide bonds. The van der Waals surface area contributed by atoms with Crippen LogP contribution in [-0.4, -0.2) is 9.85 Å². The molecule has 0 aliphatic carbocycles. The van der Waals surface area contributed by atoms with Gasteiger partial charge in [-0.25, -0.2) is 0 Å². The average Bonchev–Trinajstić information content (AvgIpc) is 2.40. The molecule has 0 radical (unpaired) electrons. The first-order valence-electron chi connectivity index (χ1n) is 5.23. The number of hydrogen-bond donors (Lipinski definition) is 0. The number of nitrogens with zero attached hydrogens (tertiary/aromatic N) is 2. The topological polar surface area (TPSA) is 86.3 Å². The van der Waals surface area contributed by atoms with Crippen LogP contribution in [0.15, 0.2) is 58.3 Å². The monoisotopic (exact) mass is 276 g/mol. The van der Waals surface area contributed by atoms with Gasteiger partial charge in [0.25, 0.3) is 11.4 Å². The molecule has 6 nitrogen and oxygen atoms in total. The van der Waals surface area contributed by atoms with E-state index in [1.165, 1.54) is 36.0 Å². The Balaban J connectivity index is 2.12. The second-order valence-electron chi connectivity index (χ2n) is 3.60. The van der Waals surface area contributed by atoms with Gasteiger partial charge in [-0.15, -0.1) is 0 Å². The number of nitro groups is 2. The highest BCUT2D eigenvalue weighted by Gasteiger charge is 2.07. The second kappa shape index (κ2) is 5.49. The van der Waals surface area contributed by atoms with Gasteiger partial charge in [-0.1, -0.05) is 11.8 Å². The molecule has 0 aliphatic rings. The Morgan fingerprint density at radius 1 is 0.684 bits per heavy atom. The van der Waals surface area contributed by atoms with Gasteiger partial charge in [0, 0.05) is 34.1 Å². The molecule has 0 spiro atoms. The predicted octanol–water partition coefficient (Wildman–Crippen LogP) is 3.65. The van der Waals surface area contributed by atoms with Gasteiger partial charge in [-0.2, -0.15) is 0 Å². The fourth-order valence-corrected chi connectivity index (χ4v) is 2.22. The van der Waals surface area contributed by atoms with E-state index in [0.717, 1.165) is 9.79 Å². The van der Waals surface area contributed by atoms with Crippen LogP contribution in [0.5, 0.6) is 0 Å². The second-order valence-corrected chi connectivity index (χ2v) is 4.75. The lowest BCUT2D eigenvalue weighted by Gasteiger charge is -2.01. The smallest absolute Gasteiger partial charge is 0.258 e. The first-order valence-corrected chi connectivity index (χ1v) is 6.04. The third-order valence-electron chi connectivity index (χ3n) is 2.33. The van der Waals surface area contributed by atoms with Crippen molar-refractivity contribution >= 4 is 23.1 Å². The Labute approximate surface area is 112 Å². The minimum atomic E-state index is -0.458. The van der Waals surface area contributed by atoms with Crippen molar-refractivity contribution < 1.29 is 9.85 Å². The summed E-state index contributed by atoms with van der Waals surface area (Å²) in [5.74, 6) is 0. The highest BCUT2D eigenvalue weighted by atomic mass is 32.2. The third kappa shape index (κ3) is 3.29. The Morgan fingerprint density at radius 3 is 1.26 bits per heavy atom. The quantitative estimate of drug-likeness (QED) is 0.628. The van der Waals surface area contributed by atoms with Crippen molar-refractivity contribution in [1.82, 2.24) is 0 Å². The first kappa shape index (κ1) is 13.0. The van der Waals surface area contributed by atoms with E-state index in [4.69, 9.17) is 0 Å². The van der Waals surface area contributed by atoms with Crippen molar-refractivity contribution in [3.63, 3.8) is 0 Å². The van der Waals surface area contributed by atoms with E-state index in [1.807, 2.05) is 0 Å². The Hall–Kier alpha value is -2.41. The SMILES string of the molecule is O=[N+]([O-])c1ccc(Sc2ccc([N+](=O)[O-])cc2)cc1. The van der Waals surface area contributed by atoms with Crippen molar-refractivity contribution in [2.24, 2.45) is 0 Å². The van der Waals surface area contributed by atoms with Gasteiger partial charge in [0.2, 0.25) is 0 Å². The van der Waals surface area contributed by atoms with Gasteiger partial charge >= 0.3 is 0 Å². The standard InChI is InChI=1S/C12H8N2O4S/c15-13(16)9-1-5-11(6-2-9)19-12-7-3-10(4-8-12)14(17)18/h1-8H. The maximum Gasteiger partial charge on any atom is 0.269 e. The molecule has 0 unspecified atom stereocenters. The Bertz CT molecular complexity index is 555. The van der Waals surface area contributed by atoms with E-state index in [9.17, 15) is 20.2 Å². The normalized spacial score (nSPS) is 10.1. The van der Waals surface area contributed by atoms with Crippen LogP contribution in [0, 0.1) is 20.2 Å². The molecule has 0 bridgehead atoms. The van der Waals surface area contributed by atoms with Crippen LogP contribution >= 0.6 is 11.8 Å². The molecule has 0 fully saturated rings. The molecule has 2 aromatic carbocycles. The molecule has 0 aliphatic heterocycles. The molecule has 96 valence electrons. The lowest BCUT2D eigenvalue weighted by atomic mass is 10.3. The Kier molecular flexibility index (Phi) is 3.76. The summed E-state index contributed by atoms with van der Waals surface area (Å²) in [5.41, 5.74) is 0.0705. The molecule has 0 saturated carbocycles. The summed E-state index contributed by atoms with van der Waals surface area (Å²) in [6.07, 6.45) is 0. The van der Waals surface area contributed by atoms with E-state index in [1.54, 1.807) is 24.3 Å². The Morgan fingerprint density at radius 2 is 1.00 bits per heavy atom. The zero-order valence-corrected chi connectivity index (χ0v) is 10.4. The van der Waals surface area contributed by atoms with Gasteiger partial charge in [0.1, 0.15) is 0 Å². The molecule has 0 saturated heterocycles. The molecular weight excluding hydrogens is 268 g/mol. The van der Waals surface area contributed by atoms with Crippen molar-refractivity contribution in [3.8, 4) is 0 Å². The van der Waals surface area contributed by atoms with Crippen LogP contribution in [0.25, 0.3) is 0 Å². The fraction of sp³-hybridized carbons (Fsp3) is 0. The van der Waals surface area contributed by atoms with Crippen LogP contribution in [0.1, 0.15) is 0 Å². The van der Waals surface area contributed by atoms with Gasteiger partial charge in [0.15, 0.2) is 0 Å². The molecule has 0 N–H and O–H groups in total. The van der Waals surface area contributed by atoms with Crippen LogP contribution in [0.2, 0.25) is 0 Å². The zero-order valence-electron chi connectivity index (χ0n) is 9.55. The number of non-ortho nitro benzene ring substituents is 2. The van der Waals surface area contributed by atoms with Gasteiger partial charge in [-0.05, 0) is 24.3 Å². The summed E-state index contributed by atoms with van der Waals surface area (Å²) >= 11 is 1.38. The molecule has 0 aromatic heterocycles. The maximum atomic E-state index is 10.5. The molecule has 7 heteroatoms. The lowest BCUT2D eigenvalue weighted by Crippen LogP contribution is -1.87. The summed E-state index contributed by atoms with van der Waals surface area (Å²) in [5, 5.41) is 21.0. The van der Waals surface area contributed by atoms with Gasteiger partial charge in [-0.3, -0.25) is 20.2 Å². The average molecular weight is 276 g/mol. The van der Waals surface area contributed by atoms with Crippen LogP contribution in [-0.2, 0) is 0 Å². The highest BCUT2D eigenvalue weighted by molar-refractivity contribution is 7.99. The summed E-state index contributed by atoms with van der Waals surface area (Å²) < 4.78 is 0. The zero-order chi connectivity index (χ0) is 13.8. The van der Waals surface area contributed by atoms with E-state index in [2.05, 4.69) is 0 Å². The molecular formula is C12H8N2O4S. The molecule has 0 atom stereocenters. The predicted molar refractivity (Wildman–Crippen MR) is 70.3 cm³/mol. The maximum absolute atomic E-state index is 10.5. The first-order chi connectivity index (χ1) is 9.06. The number of nitro benzene ring substituents is 2. The van der Waals surface area contributed by atoms with Crippen molar-refractivity contribution in [3.05, 3.63) is 68.8 Å². The third-order valence-corrected chi connectivity index (χ3v) is 3.35.